The van der Waals surface area contributed by atoms with Gasteiger partial charge < -0.3 is 18.9 Å². The molecule has 1 saturated heterocycles. The molecule has 0 aromatic rings. The van der Waals surface area contributed by atoms with E-state index in [2.05, 4.69) is 13.2 Å². The largest absolute Gasteiger partial charge is 0.462 e. The minimum Gasteiger partial charge on any atom is -0.462 e. The van der Waals surface area contributed by atoms with E-state index in [4.69, 9.17) is 18.9 Å². The summed E-state index contributed by atoms with van der Waals surface area (Å²) in [5, 5.41) is 0. The number of carbonyl (C=O) groups excluding carboxylic acids is 2. The normalized spacial score (nSPS) is 25.4. The summed E-state index contributed by atoms with van der Waals surface area (Å²) in [4.78, 5) is 22.7. The van der Waals surface area contributed by atoms with Crippen LogP contribution in [-0.2, 0) is 28.5 Å². The maximum Gasteiger partial charge on any atom is 0.331 e. The van der Waals surface area contributed by atoms with E-state index in [1.807, 2.05) is 43.4 Å². The second-order valence-electron chi connectivity index (χ2n) is 6.40. The lowest BCUT2D eigenvalue weighted by Crippen LogP contribution is -2.51. The second-order valence-corrected chi connectivity index (χ2v) is 7.53. The Morgan fingerprint density at radius 1 is 1.29 bits per heavy atom. The summed E-state index contributed by atoms with van der Waals surface area (Å²) in [6, 6.07) is 0. The summed E-state index contributed by atoms with van der Waals surface area (Å²) in [6.45, 7) is 13.6. The van der Waals surface area contributed by atoms with Crippen molar-refractivity contribution in [1.29, 1.82) is 0 Å². The first kappa shape index (κ1) is 21.1. The molecule has 1 rings (SSSR count). The van der Waals surface area contributed by atoms with Crippen LogP contribution in [0, 0.1) is 10.8 Å². The number of esters is 2. The van der Waals surface area contributed by atoms with E-state index in [-0.39, 0.29) is 12.0 Å². The molecular weight excluding hydrogens is 427 g/mol. The lowest BCUT2D eigenvalue weighted by Gasteiger charge is -2.45. The molecule has 136 valence electrons. The van der Waals surface area contributed by atoms with Gasteiger partial charge in [-0.3, -0.25) is 0 Å². The Morgan fingerprint density at radius 2 is 1.83 bits per heavy atom. The number of alkyl halides is 1. The van der Waals surface area contributed by atoms with Crippen LogP contribution in [0.4, 0.5) is 0 Å². The smallest absolute Gasteiger partial charge is 0.331 e. The van der Waals surface area contributed by atoms with E-state index in [1.54, 1.807) is 0 Å². The highest BCUT2D eigenvalue weighted by molar-refractivity contribution is 14.1. The van der Waals surface area contributed by atoms with E-state index in [0.717, 1.165) is 18.6 Å². The summed E-state index contributed by atoms with van der Waals surface area (Å²) in [5.41, 5.74) is -0.944. The number of hydrogen-bond acceptors (Lipinski definition) is 6. The molecule has 0 amide bonds. The average Bonchev–Trinajstić information content (AvgIpc) is 2.59. The molecule has 0 aromatic carbocycles. The number of halogens is 1. The molecule has 0 saturated carbocycles. The van der Waals surface area contributed by atoms with Crippen molar-refractivity contribution in [2.75, 3.05) is 19.8 Å². The highest BCUT2D eigenvalue weighted by Crippen LogP contribution is 2.39. The van der Waals surface area contributed by atoms with Crippen LogP contribution >= 0.6 is 22.6 Å². The van der Waals surface area contributed by atoms with Crippen LogP contribution in [0.3, 0.4) is 0 Å². The summed E-state index contributed by atoms with van der Waals surface area (Å²) in [5.74, 6) is -0.952. The van der Waals surface area contributed by atoms with Crippen LogP contribution in [0.2, 0.25) is 0 Å². The van der Waals surface area contributed by atoms with Crippen molar-refractivity contribution in [2.24, 2.45) is 10.8 Å². The molecule has 24 heavy (non-hydrogen) atoms. The van der Waals surface area contributed by atoms with Crippen molar-refractivity contribution in [3.8, 4) is 0 Å². The van der Waals surface area contributed by atoms with Crippen molar-refractivity contribution in [2.45, 2.75) is 37.6 Å². The molecule has 0 aromatic heterocycles. The molecular formula is C17H25IO6. The molecule has 7 heteroatoms. The minimum atomic E-state index is -0.559. The summed E-state index contributed by atoms with van der Waals surface area (Å²) < 4.78 is 21.8. The molecule has 1 aliphatic rings. The zero-order valence-corrected chi connectivity index (χ0v) is 16.5. The standard InChI is InChI=1S/C17H25IO6/c1-6-12(19)21-9-17(8-3)10-22-15(23-11-17)16(4,5)14(18)24-13(20)7-2/h6-7,14-15H,1-2,8-11H2,3-5H3. The summed E-state index contributed by atoms with van der Waals surface area (Å²) >= 11 is 2.04. The third-order valence-corrected chi connectivity index (χ3v) is 5.96. The van der Waals surface area contributed by atoms with Gasteiger partial charge >= 0.3 is 11.9 Å². The molecule has 0 spiro atoms. The predicted molar refractivity (Wildman–Crippen MR) is 97.5 cm³/mol. The third kappa shape index (κ3) is 5.29. The molecule has 0 N–H and O–H groups in total. The summed E-state index contributed by atoms with van der Waals surface area (Å²) in [6.07, 6.45) is 2.46. The molecule has 1 aliphatic heterocycles. The van der Waals surface area contributed by atoms with Gasteiger partial charge in [0.1, 0.15) is 6.61 Å². The Labute approximate surface area is 156 Å². The van der Waals surface area contributed by atoms with Gasteiger partial charge in [0, 0.05) is 12.2 Å². The molecule has 1 fully saturated rings. The van der Waals surface area contributed by atoms with E-state index in [1.165, 1.54) is 0 Å². The Kier molecular flexibility index (Phi) is 7.88. The lowest BCUT2D eigenvalue weighted by atomic mass is 9.85. The van der Waals surface area contributed by atoms with Gasteiger partial charge in [0.15, 0.2) is 10.4 Å². The van der Waals surface area contributed by atoms with E-state index in [0.29, 0.717) is 13.2 Å². The van der Waals surface area contributed by atoms with Crippen LogP contribution in [0.5, 0.6) is 0 Å². The number of hydrogen-bond donors (Lipinski definition) is 0. The maximum atomic E-state index is 11.4. The molecule has 1 unspecified atom stereocenters. The Morgan fingerprint density at radius 3 is 2.29 bits per heavy atom. The van der Waals surface area contributed by atoms with Gasteiger partial charge in [-0.05, 0) is 29.0 Å². The van der Waals surface area contributed by atoms with E-state index >= 15 is 0 Å². The van der Waals surface area contributed by atoms with Crippen molar-refractivity contribution in [3.05, 3.63) is 25.3 Å². The van der Waals surface area contributed by atoms with Crippen LogP contribution in [0.25, 0.3) is 0 Å². The van der Waals surface area contributed by atoms with Crippen molar-refractivity contribution < 1.29 is 28.5 Å². The van der Waals surface area contributed by atoms with Gasteiger partial charge in [-0.15, -0.1) is 0 Å². The molecule has 6 nitrogen and oxygen atoms in total. The first-order valence-electron chi connectivity index (χ1n) is 7.70. The second kappa shape index (κ2) is 8.96. The van der Waals surface area contributed by atoms with E-state index in [9.17, 15) is 9.59 Å². The van der Waals surface area contributed by atoms with Gasteiger partial charge in [0.25, 0.3) is 0 Å². The van der Waals surface area contributed by atoms with Crippen LogP contribution < -0.4 is 0 Å². The van der Waals surface area contributed by atoms with Crippen molar-refractivity contribution in [1.82, 2.24) is 0 Å². The van der Waals surface area contributed by atoms with Gasteiger partial charge in [-0.2, -0.15) is 0 Å². The molecule has 0 radical (unpaired) electrons. The van der Waals surface area contributed by atoms with E-state index < -0.39 is 27.8 Å². The Balaban J connectivity index is 2.67. The topological polar surface area (TPSA) is 71.1 Å². The average molecular weight is 452 g/mol. The molecule has 1 heterocycles. The summed E-state index contributed by atoms with van der Waals surface area (Å²) in [7, 11) is 0. The molecule has 1 atom stereocenters. The third-order valence-electron chi connectivity index (χ3n) is 4.10. The van der Waals surface area contributed by atoms with Crippen LogP contribution in [0.1, 0.15) is 27.2 Å². The fourth-order valence-corrected chi connectivity index (χ4v) is 2.65. The van der Waals surface area contributed by atoms with Gasteiger partial charge in [0.05, 0.1) is 24.0 Å². The van der Waals surface area contributed by atoms with Gasteiger partial charge in [-0.25, -0.2) is 9.59 Å². The SMILES string of the molecule is C=CC(=O)OCC1(CC)COC(C(C)(C)C(I)OC(=O)C=C)OC1. The monoisotopic (exact) mass is 452 g/mol. The fraction of sp³-hybridized carbons (Fsp3) is 0.647. The predicted octanol–water partition coefficient (Wildman–Crippen LogP) is 3.00. The Bertz CT molecular complexity index is 479. The fourth-order valence-electron chi connectivity index (χ4n) is 2.11. The number of ether oxygens (including phenoxy) is 4. The number of rotatable bonds is 8. The van der Waals surface area contributed by atoms with Crippen LogP contribution in [0.15, 0.2) is 25.3 Å². The first-order valence-corrected chi connectivity index (χ1v) is 8.95. The molecule has 0 aliphatic carbocycles. The highest BCUT2D eigenvalue weighted by atomic mass is 127. The number of carbonyl (C=O) groups is 2. The Hall–Kier alpha value is -0.930. The highest BCUT2D eigenvalue weighted by Gasteiger charge is 2.46. The zero-order valence-electron chi connectivity index (χ0n) is 14.4. The van der Waals surface area contributed by atoms with Gasteiger partial charge in [0.2, 0.25) is 0 Å². The van der Waals surface area contributed by atoms with Crippen LogP contribution in [-0.4, -0.2) is 42.2 Å². The quantitative estimate of drug-likeness (QED) is 0.244. The van der Waals surface area contributed by atoms with Gasteiger partial charge in [-0.1, -0.05) is 33.9 Å². The van der Waals surface area contributed by atoms with Crippen molar-refractivity contribution >= 4 is 34.5 Å². The minimum absolute atomic E-state index is 0.209. The first-order chi connectivity index (χ1) is 11.2. The lowest BCUT2D eigenvalue weighted by molar-refractivity contribution is -0.281. The van der Waals surface area contributed by atoms with Crippen molar-refractivity contribution in [3.63, 3.8) is 0 Å². The molecule has 0 bridgehead atoms. The maximum absolute atomic E-state index is 11.4. The zero-order chi connectivity index (χ0) is 18.4.